The van der Waals surface area contributed by atoms with E-state index in [-0.39, 0.29) is 0 Å². The molecule has 0 saturated carbocycles. The Balaban J connectivity index is 1.13. The van der Waals surface area contributed by atoms with Gasteiger partial charge in [-0.15, -0.1) is 0 Å². The predicted octanol–water partition coefficient (Wildman–Crippen LogP) is 16.3. The molecule has 3 heteroatoms. The zero-order chi connectivity index (χ0) is 41.9. The molecule has 2 aromatic heterocycles. The lowest BCUT2D eigenvalue weighted by atomic mass is 9.84. The van der Waals surface area contributed by atoms with Gasteiger partial charge in [-0.05, 0) is 138 Å². The maximum Gasteiger partial charge on any atom is 0.119 e. The minimum absolute atomic E-state index is 0.745. The Bertz CT molecular complexity index is 2650. The molecule has 2 aliphatic rings. The van der Waals surface area contributed by atoms with E-state index in [9.17, 15) is 0 Å². The summed E-state index contributed by atoms with van der Waals surface area (Å²) in [6.45, 7) is 12.6. The van der Waals surface area contributed by atoms with E-state index in [2.05, 4.69) is 158 Å². The van der Waals surface area contributed by atoms with E-state index in [0.717, 1.165) is 24.3 Å². The van der Waals surface area contributed by atoms with Gasteiger partial charge >= 0.3 is 0 Å². The molecule has 0 spiro atoms. The summed E-state index contributed by atoms with van der Waals surface area (Å²) in [4.78, 5) is 0. The SMILES string of the molecule is CCCCC(CC)Cc1ccc(-c2ccc3c(c2)c2c(n3-c3cccc(-n4c5ccc6cc5c5c(c(CC(CC)CCCC)ccc54)CCCC(CC)C6)c3)NCC=C2)cc1. The second kappa shape index (κ2) is 18.5. The highest BCUT2D eigenvalue weighted by molar-refractivity contribution is 6.11. The summed E-state index contributed by atoms with van der Waals surface area (Å²) in [6.07, 6.45) is 23.5. The molecule has 3 unspecified atom stereocenters. The Labute approximate surface area is 366 Å². The van der Waals surface area contributed by atoms with Gasteiger partial charge in [-0.1, -0.05) is 153 Å². The Kier molecular flexibility index (Phi) is 12.6. The van der Waals surface area contributed by atoms with Crippen molar-refractivity contribution in [1.29, 1.82) is 0 Å². The van der Waals surface area contributed by atoms with Crippen LogP contribution in [0.4, 0.5) is 5.82 Å². The van der Waals surface area contributed by atoms with E-state index in [1.165, 1.54) is 174 Å². The third-order valence-corrected chi connectivity index (χ3v) is 14.8. The highest BCUT2D eigenvalue weighted by Crippen LogP contribution is 2.42. The lowest BCUT2D eigenvalue weighted by Gasteiger charge is -2.21. The van der Waals surface area contributed by atoms with E-state index < -0.39 is 0 Å². The van der Waals surface area contributed by atoms with Crippen molar-refractivity contribution in [3.63, 3.8) is 0 Å². The molecule has 0 fully saturated rings. The van der Waals surface area contributed by atoms with E-state index in [0.29, 0.717) is 0 Å². The summed E-state index contributed by atoms with van der Waals surface area (Å²) < 4.78 is 5.05. The Morgan fingerprint density at radius 1 is 0.672 bits per heavy atom. The molecule has 3 heterocycles. The lowest BCUT2D eigenvalue weighted by molar-refractivity contribution is 0.443. The van der Waals surface area contributed by atoms with Crippen LogP contribution in [0.2, 0.25) is 0 Å². The first-order valence-corrected chi connectivity index (χ1v) is 24.4. The van der Waals surface area contributed by atoms with Gasteiger partial charge in [-0.3, -0.25) is 4.57 Å². The van der Waals surface area contributed by atoms with Crippen LogP contribution in [0, 0.1) is 17.8 Å². The van der Waals surface area contributed by atoms with E-state index in [1.54, 1.807) is 11.1 Å². The van der Waals surface area contributed by atoms with Gasteiger partial charge < -0.3 is 9.88 Å². The highest BCUT2D eigenvalue weighted by atomic mass is 15.1. The first kappa shape index (κ1) is 41.3. The van der Waals surface area contributed by atoms with Crippen LogP contribution in [0.15, 0.2) is 103 Å². The predicted molar refractivity (Wildman–Crippen MR) is 265 cm³/mol. The molecule has 1 aliphatic heterocycles. The molecule has 9 rings (SSSR count). The van der Waals surface area contributed by atoms with Crippen LogP contribution in [0.3, 0.4) is 0 Å². The quantitative estimate of drug-likeness (QED) is 0.103. The molecule has 2 bridgehead atoms. The van der Waals surface area contributed by atoms with Crippen molar-refractivity contribution in [2.24, 2.45) is 17.8 Å². The number of hydrogen-bond donors (Lipinski definition) is 1. The average Bonchev–Trinajstić information content (AvgIpc) is 3.81. The summed E-state index contributed by atoms with van der Waals surface area (Å²) in [5.74, 6) is 3.44. The van der Waals surface area contributed by atoms with Crippen LogP contribution in [-0.4, -0.2) is 15.7 Å². The number of nitrogens with one attached hydrogen (secondary N) is 1. The van der Waals surface area contributed by atoms with E-state index >= 15 is 0 Å². The van der Waals surface area contributed by atoms with Crippen molar-refractivity contribution >= 4 is 44.6 Å². The van der Waals surface area contributed by atoms with Crippen LogP contribution < -0.4 is 5.32 Å². The molecule has 61 heavy (non-hydrogen) atoms. The number of hydrogen-bond acceptors (Lipinski definition) is 1. The molecule has 3 atom stereocenters. The Hall–Kier alpha value is -5.02. The maximum absolute atomic E-state index is 3.79. The van der Waals surface area contributed by atoms with Gasteiger partial charge in [0.25, 0.3) is 0 Å². The van der Waals surface area contributed by atoms with Gasteiger partial charge in [0, 0.05) is 39.6 Å². The normalized spacial score (nSPS) is 16.1. The molecule has 5 aromatic carbocycles. The summed E-state index contributed by atoms with van der Waals surface area (Å²) >= 11 is 0. The monoisotopic (exact) mass is 808 g/mol. The minimum Gasteiger partial charge on any atom is -0.367 e. The molecule has 0 amide bonds. The van der Waals surface area contributed by atoms with Gasteiger partial charge in [-0.25, -0.2) is 0 Å². The summed E-state index contributed by atoms with van der Waals surface area (Å²) in [5, 5.41) is 8.02. The number of benzene rings is 5. The summed E-state index contributed by atoms with van der Waals surface area (Å²) in [7, 11) is 0. The number of aromatic nitrogens is 2. The molecule has 3 nitrogen and oxygen atoms in total. The molecule has 7 aromatic rings. The topological polar surface area (TPSA) is 21.9 Å². The number of unbranched alkanes of at least 4 members (excludes halogenated alkanes) is 2. The van der Waals surface area contributed by atoms with Crippen molar-refractivity contribution in [1.82, 2.24) is 9.13 Å². The van der Waals surface area contributed by atoms with Gasteiger partial charge in [0.05, 0.1) is 16.6 Å². The van der Waals surface area contributed by atoms with Crippen LogP contribution in [-0.2, 0) is 25.7 Å². The van der Waals surface area contributed by atoms with Gasteiger partial charge in [0.1, 0.15) is 5.82 Å². The van der Waals surface area contributed by atoms with E-state index in [4.69, 9.17) is 0 Å². The molecule has 1 aliphatic carbocycles. The number of anilines is 1. The molecule has 0 radical (unpaired) electrons. The van der Waals surface area contributed by atoms with Crippen LogP contribution in [0.1, 0.15) is 133 Å². The first-order chi connectivity index (χ1) is 30.0. The summed E-state index contributed by atoms with van der Waals surface area (Å²) in [6, 6.07) is 38.3. The zero-order valence-electron chi connectivity index (χ0n) is 37.8. The fraction of sp³-hybridized carbons (Fsp3) is 0.414. The molecular formula is C58H69N3. The second-order valence-electron chi connectivity index (χ2n) is 18.7. The largest absolute Gasteiger partial charge is 0.367 e. The fourth-order valence-electron chi connectivity index (χ4n) is 11.1. The number of fused-ring (bicyclic) bond motifs is 4. The van der Waals surface area contributed by atoms with Crippen molar-refractivity contribution in [3.8, 4) is 22.5 Å². The zero-order valence-corrected chi connectivity index (χ0v) is 37.8. The Morgan fingerprint density at radius 3 is 2.13 bits per heavy atom. The standard InChI is InChI=1S/C58H69N3/c1-6-11-16-40(8-3)34-43-23-26-45(27-24-43)46-28-31-54-52(38-46)51-22-15-33-59-58(51)61(54)49-20-14-19-48(39-49)60-55-30-25-44-35-41(9-4)18-13-21-50-47(36-42(10-5)17-12-7-2)29-32-56(60)57(50)53(55)37-44/h14-15,19-20,22-32,37-42,59H,6-13,16-18,21,33-36H2,1-5H3. The Morgan fingerprint density at radius 2 is 1.38 bits per heavy atom. The average molecular weight is 808 g/mol. The first-order valence-electron chi connectivity index (χ1n) is 24.4. The maximum atomic E-state index is 3.79. The summed E-state index contributed by atoms with van der Waals surface area (Å²) in [5.41, 5.74) is 16.3. The van der Waals surface area contributed by atoms with Crippen molar-refractivity contribution < 1.29 is 0 Å². The number of nitrogens with zero attached hydrogens (tertiary/aromatic N) is 2. The van der Waals surface area contributed by atoms with Crippen molar-refractivity contribution in [3.05, 3.63) is 131 Å². The van der Waals surface area contributed by atoms with Crippen LogP contribution in [0.25, 0.3) is 61.3 Å². The van der Waals surface area contributed by atoms with E-state index in [1.807, 2.05) is 0 Å². The van der Waals surface area contributed by atoms with Gasteiger partial charge in [0.15, 0.2) is 0 Å². The third-order valence-electron chi connectivity index (χ3n) is 14.8. The fourth-order valence-corrected chi connectivity index (χ4v) is 11.1. The molecule has 316 valence electrons. The third kappa shape index (κ3) is 8.22. The highest BCUT2D eigenvalue weighted by Gasteiger charge is 2.24. The molecule has 1 N–H and O–H groups in total. The van der Waals surface area contributed by atoms with Crippen LogP contribution in [0.5, 0.6) is 0 Å². The minimum atomic E-state index is 0.745. The van der Waals surface area contributed by atoms with Crippen LogP contribution >= 0.6 is 0 Å². The second-order valence-corrected chi connectivity index (χ2v) is 18.7. The van der Waals surface area contributed by atoms with Crippen molar-refractivity contribution in [2.45, 2.75) is 131 Å². The van der Waals surface area contributed by atoms with Gasteiger partial charge in [-0.2, -0.15) is 0 Å². The van der Waals surface area contributed by atoms with Gasteiger partial charge in [0.2, 0.25) is 0 Å². The molecular weight excluding hydrogens is 739 g/mol. The van der Waals surface area contributed by atoms with Crippen molar-refractivity contribution in [2.75, 3.05) is 11.9 Å². The number of rotatable bonds is 16. The number of aryl methyl sites for hydroxylation is 1. The lowest BCUT2D eigenvalue weighted by Crippen LogP contribution is -2.09. The molecule has 0 saturated heterocycles. The smallest absolute Gasteiger partial charge is 0.119 e.